The minimum absolute atomic E-state index is 0.0587. The van der Waals surface area contributed by atoms with Crippen molar-refractivity contribution < 1.29 is 14.3 Å². The fourth-order valence-corrected chi connectivity index (χ4v) is 1.24. The van der Waals surface area contributed by atoms with Gasteiger partial charge in [-0.05, 0) is 31.9 Å². The van der Waals surface area contributed by atoms with Crippen LogP contribution in [0.25, 0.3) is 0 Å². The van der Waals surface area contributed by atoms with Crippen LogP contribution in [-0.4, -0.2) is 17.9 Å². The number of ether oxygens (including phenoxy) is 1. The van der Waals surface area contributed by atoms with Crippen LogP contribution >= 0.6 is 0 Å². The van der Waals surface area contributed by atoms with Gasteiger partial charge in [0.2, 0.25) is 0 Å². The molecule has 3 heteroatoms. The van der Waals surface area contributed by atoms with Gasteiger partial charge in [0.15, 0.2) is 5.78 Å². The summed E-state index contributed by atoms with van der Waals surface area (Å²) in [6.45, 7) is 7.31. The van der Waals surface area contributed by atoms with Gasteiger partial charge in [0.1, 0.15) is 6.10 Å². The van der Waals surface area contributed by atoms with E-state index in [0.717, 1.165) is 0 Å². The van der Waals surface area contributed by atoms with E-state index in [0.29, 0.717) is 11.1 Å². The number of esters is 1. The van der Waals surface area contributed by atoms with Crippen LogP contribution in [-0.2, 0) is 4.74 Å². The van der Waals surface area contributed by atoms with Gasteiger partial charge in [0.25, 0.3) is 0 Å². The van der Waals surface area contributed by atoms with E-state index in [1.54, 1.807) is 24.3 Å². The van der Waals surface area contributed by atoms with Gasteiger partial charge < -0.3 is 4.74 Å². The zero-order valence-electron chi connectivity index (χ0n) is 10.7. The van der Waals surface area contributed by atoms with Gasteiger partial charge in [-0.3, -0.25) is 4.79 Å². The number of carbonyl (C=O) groups is 2. The summed E-state index contributed by atoms with van der Waals surface area (Å²) in [4.78, 5) is 23.0. The molecule has 3 nitrogen and oxygen atoms in total. The summed E-state index contributed by atoms with van der Waals surface area (Å²) in [5, 5.41) is 0. The highest BCUT2D eigenvalue weighted by Crippen LogP contribution is 2.12. The van der Waals surface area contributed by atoms with Crippen LogP contribution in [0.1, 0.15) is 48.4 Å². The van der Waals surface area contributed by atoms with Gasteiger partial charge in [-0.2, -0.15) is 0 Å². The van der Waals surface area contributed by atoms with E-state index in [4.69, 9.17) is 4.74 Å². The van der Waals surface area contributed by atoms with Gasteiger partial charge in [-0.15, -0.1) is 0 Å². The summed E-state index contributed by atoms with van der Waals surface area (Å²) in [5.74, 6) is -0.166. The molecule has 1 rings (SSSR count). The third-order valence-electron chi connectivity index (χ3n) is 2.74. The molecular weight excluding hydrogens is 216 g/mol. The molecule has 0 spiro atoms. The summed E-state index contributed by atoms with van der Waals surface area (Å²) in [6, 6.07) is 6.60. The van der Waals surface area contributed by atoms with Crippen LogP contribution < -0.4 is 0 Å². The van der Waals surface area contributed by atoms with Crippen molar-refractivity contribution in [1.29, 1.82) is 0 Å². The molecule has 17 heavy (non-hydrogen) atoms. The minimum Gasteiger partial charge on any atom is -0.459 e. The predicted octanol–water partition coefficient (Wildman–Crippen LogP) is 3.09. The second-order valence-electron chi connectivity index (χ2n) is 4.49. The van der Waals surface area contributed by atoms with Crippen LogP contribution in [0.4, 0.5) is 0 Å². The lowest BCUT2D eigenvalue weighted by atomic mass is 10.1. The maximum atomic E-state index is 11.8. The number of ketones is 1. The number of Topliss-reactive ketones (excluding diaryl/α,β-unsaturated/α-hetero) is 1. The van der Waals surface area contributed by atoms with E-state index in [1.807, 2.05) is 20.8 Å². The van der Waals surface area contributed by atoms with Crippen LogP contribution in [0.15, 0.2) is 24.3 Å². The molecule has 0 saturated carbocycles. The van der Waals surface area contributed by atoms with Crippen molar-refractivity contribution in [3.63, 3.8) is 0 Å². The molecule has 0 aliphatic heterocycles. The lowest BCUT2D eigenvalue weighted by Gasteiger charge is -2.16. The predicted molar refractivity (Wildman–Crippen MR) is 66.2 cm³/mol. The average Bonchev–Trinajstić information content (AvgIpc) is 2.28. The Morgan fingerprint density at radius 2 is 1.71 bits per heavy atom. The summed E-state index contributed by atoms with van der Waals surface area (Å²) in [6.07, 6.45) is -0.136. The molecule has 0 radical (unpaired) electrons. The highest BCUT2D eigenvalue weighted by molar-refractivity contribution is 5.97. The lowest BCUT2D eigenvalue weighted by molar-refractivity contribution is 0.0238. The SMILES string of the molecule is CC(=O)c1cccc(C(=O)OC(C)C(C)C)c1. The topological polar surface area (TPSA) is 43.4 Å². The first kappa shape index (κ1) is 13.4. The number of hydrogen-bond donors (Lipinski definition) is 0. The Kier molecular flexibility index (Phi) is 4.44. The molecule has 0 amide bonds. The van der Waals surface area contributed by atoms with Crippen molar-refractivity contribution >= 4 is 11.8 Å². The van der Waals surface area contributed by atoms with E-state index in [2.05, 4.69) is 0 Å². The molecule has 1 aromatic rings. The molecule has 0 heterocycles. The van der Waals surface area contributed by atoms with E-state index in [9.17, 15) is 9.59 Å². The minimum atomic E-state index is -0.380. The molecule has 0 bridgehead atoms. The highest BCUT2D eigenvalue weighted by atomic mass is 16.5. The van der Waals surface area contributed by atoms with Gasteiger partial charge in [-0.1, -0.05) is 26.0 Å². The van der Waals surface area contributed by atoms with Gasteiger partial charge in [0, 0.05) is 5.56 Å². The van der Waals surface area contributed by atoms with Gasteiger partial charge in [-0.25, -0.2) is 4.79 Å². The average molecular weight is 234 g/mol. The molecule has 0 N–H and O–H groups in total. The van der Waals surface area contributed by atoms with Crippen molar-refractivity contribution in [2.75, 3.05) is 0 Å². The summed E-state index contributed by atoms with van der Waals surface area (Å²) < 4.78 is 5.28. The van der Waals surface area contributed by atoms with E-state index < -0.39 is 0 Å². The van der Waals surface area contributed by atoms with Crippen molar-refractivity contribution in [3.8, 4) is 0 Å². The zero-order chi connectivity index (χ0) is 13.0. The molecule has 0 saturated heterocycles. The Labute approximate surface area is 102 Å². The molecule has 1 unspecified atom stereocenters. The lowest BCUT2D eigenvalue weighted by Crippen LogP contribution is -2.20. The van der Waals surface area contributed by atoms with Crippen molar-refractivity contribution in [1.82, 2.24) is 0 Å². The summed E-state index contributed by atoms with van der Waals surface area (Å²) >= 11 is 0. The smallest absolute Gasteiger partial charge is 0.338 e. The number of hydrogen-bond acceptors (Lipinski definition) is 3. The molecule has 1 aromatic carbocycles. The second kappa shape index (κ2) is 5.62. The highest BCUT2D eigenvalue weighted by Gasteiger charge is 2.15. The Morgan fingerprint density at radius 3 is 2.24 bits per heavy atom. The quantitative estimate of drug-likeness (QED) is 0.594. The third-order valence-corrected chi connectivity index (χ3v) is 2.74. The molecule has 0 fully saturated rings. The second-order valence-corrected chi connectivity index (χ2v) is 4.49. The Hall–Kier alpha value is -1.64. The molecular formula is C14H18O3. The Morgan fingerprint density at radius 1 is 1.12 bits per heavy atom. The van der Waals surface area contributed by atoms with Gasteiger partial charge in [0.05, 0.1) is 5.56 Å². The molecule has 0 aromatic heterocycles. The largest absolute Gasteiger partial charge is 0.459 e. The van der Waals surface area contributed by atoms with E-state index >= 15 is 0 Å². The maximum Gasteiger partial charge on any atom is 0.338 e. The van der Waals surface area contributed by atoms with Crippen LogP contribution in [0.5, 0.6) is 0 Å². The van der Waals surface area contributed by atoms with Gasteiger partial charge >= 0.3 is 5.97 Å². The van der Waals surface area contributed by atoms with Crippen LogP contribution in [0.2, 0.25) is 0 Å². The fourth-order valence-electron chi connectivity index (χ4n) is 1.24. The van der Waals surface area contributed by atoms with Crippen molar-refractivity contribution in [3.05, 3.63) is 35.4 Å². The number of benzene rings is 1. The normalized spacial score (nSPS) is 12.3. The zero-order valence-corrected chi connectivity index (χ0v) is 10.7. The molecule has 0 aliphatic carbocycles. The van der Waals surface area contributed by atoms with Crippen molar-refractivity contribution in [2.45, 2.75) is 33.8 Å². The monoisotopic (exact) mass is 234 g/mol. The summed E-state index contributed by atoms with van der Waals surface area (Å²) in [5.41, 5.74) is 0.946. The maximum absolute atomic E-state index is 11.8. The van der Waals surface area contributed by atoms with Crippen molar-refractivity contribution in [2.24, 2.45) is 5.92 Å². The van der Waals surface area contributed by atoms with Crippen LogP contribution in [0.3, 0.4) is 0 Å². The first-order valence-electron chi connectivity index (χ1n) is 5.73. The first-order chi connectivity index (χ1) is 7.91. The number of carbonyl (C=O) groups excluding carboxylic acids is 2. The number of rotatable bonds is 4. The Balaban J connectivity index is 2.82. The fraction of sp³-hybridized carbons (Fsp3) is 0.429. The van der Waals surface area contributed by atoms with Crippen LogP contribution in [0, 0.1) is 5.92 Å². The Bertz CT molecular complexity index is 421. The summed E-state index contributed by atoms with van der Waals surface area (Å²) in [7, 11) is 0. The molecule has 1 atom stereocenters. The molecule has 0 aliphatic rings. The molecule has 92 valence electrons. The third kappa shape index (κ3) is 3.70. The van der Waals surface area contributed by atoms with E-state index in [1.165, 1.54) is 6.92 Å². The standard InChI is InChI=1S/C14H18O3/c1-9(2)11(4)17-14(16)13-7-5-6-12(8-13)10(3)15/h5-9,11H,1-4H3. The van der Waals surface area contributed by atoms with E-state index in [-0.39, 0.29) is 23.8 Å². The first-order valence-corrected chi connectivity index (χ1v) is 5.73.